The van der Waals surface area contributed by atoms with Gasteiger partial charge in [0.1, 0.15) is 5.69 Å². The highest BCUT2D eigenvalue weighted by molar-refractivity contribution is 6.30. The zero-order valence-electron chi connectivity index (χ0n) is 9.46. The van der Waals surface area contributed by atoms with Gasteiger partial charge in [-0.3, -0.25) is 4.98 Å². The van der Waals surface area contributed by atoms with Gasteiger partial charge in [-0.2, -0.15) is 4.98 Å². The Morgan fingerprint density at radius 3 is 2.71 bits per heavy atom. The van der Waals surface area contributed by atoms with E-state index < -0.39 is 6.10 Å². The van der Waals surface area contributed by atoms with Crippen LogP contribution in [-0.4, -0.2) is 26.3 Å². The van der Waals surface area contributed by atoms with Crippen LogP contribution in [0, 0.1) is 0 Å². The minimum atomic E-state index is -0.540. The molecular formula is C11H12ClN3O2. The number of aliphatic hydroxyl groups excluding tert-OH is 1. The number of halogens is 1. The van der Waals surface area contributed by atoms with Crippen molar-refractivity contribution in [2.24, 2.45) is 0 Å². The Bertz CT molecular complexity index is 496. The fourth-order valence-corrected chi connectivity index (χ4v) is 1.35. The lowest BCUT2D eigenvalue weighted by Crippen LogP contribution is -2.11. The molecule has 90 valence electrons. The van der Waals surface area contributed by atoms with Gasteiger partial charge in [-0.05, 0) is 19.1 Å². The smallest absolute Gasteiger partial charge is 0.232 e. The molecule has 2 unspecified atom stereocenters. The molecule has 1 N–H and O–H groups in total. The summed E-state index contributed by atoms with van der Waals surface area (Å²) in [6.07, 6.45) is 0.979. The number of hydrogen-bond donors (Lipinski definition) is 1. The highest BCUT2D eigenvalue weighted by Gasteiger charge is 2.19. The van der Waals surface area contributed by atoms with Crippen molar-refractivity contribution >= 4 is 11.6 Å². The molecule has 0 aromatic carbocycles. The van der Waals surface area contributed by atoms with E-state index >= 15 is 0 Å². The van der Waals surface area contributed by atoms with Crippen LogP contribution in [0.1, 0.15) is 25.7 Å². The highest BCUT2D eigenvalue weighted by Crippen LogP contribution is 2.21. The lowest BCUT2D eigenvalue weighted by atomic mass is 10.1. The number of nitrogens with zero attached hydrogens (tertiary/aromatic N) is 3. The van der Waals surface area contributed by atoms with Crippen LogP contribution < -0.4 is 0 Å². The maximum absolute atomic E-state index is 9.43. The molecule has 0 aliphatic heterocycles. The van der Waals surface area contributed by atoms with Crippen molar-refractivity contribution in [2.45, 2.75) is 25.9 Å². The molecule has 0 bridgehead atoms. The van der Waals surface area contributed by atoms with Gasteiger partial charge < -0.3 is 9.63 Å². The maximum atomic E-state index is 9.43. The van der Waals surface area contributed by atoms with E-state index in [1.165, 1.54) is 6.20 Å². The third-order valence-electron chi connectivity index (χ3n) is 2.51. The first kappa shape index (κ1) is 12.0. The van der Waals surface area contributed by atoms with E-state index in [9.17, 15) is 5.11 Å². The standard InChI is InChI=1S/C11H12ClN3O2/c1-6(7(2)16)11-14-10(15-17-11)9-4-3-8(12)5-13-9/h3-7,16H,1-2H3. The van der Waals surface area contributed by atoms with Crippen LogP contribution in [0.2, 0.25) is 5.02 Å². The third-order valence-corrected chi connectivity index (χ3v) is 2.73. The summed E-state index contributed by atoms with van der Waals surface area (Å²) in [6.45, 7) is 3.49. The Balaban J connectivity index is 2.26. The molecule has 0 amide bonds. The van der Waals surface area contributed by atoms with Gasteiger partial charge in [0.2, 0.25) is 11.7 Å². The van der Waals surface area contributed by atoms with Crippen molar-refractivity contribution < 1.29 is 9.63 Å². The number of pyridine rings is 1. The van der Waals surface area contributed by atoms with E-state index in [1.54, 1.807) is 19.1 Å². The van der Waals surface area contributed by atoms with Gasteiger partial charge in [-0.1, -0.05) is 23.7 Å². The quantitative estimate of drug-likeness (QED) is 0.908. The van der Waals surface area contributed by atoms with E-state index in [0.29, 0.717) is 22.4 Å². The molecule has 5 nitrogen and oxygen atoms in total. The van der Waals surface area contributed by atoms with E-state index in [1.807, 2.05) is 6.92 Å². The summed E-state index contributed by atoms with van der Waals surface area (Å²) in [4.78, 5) is 8.27. The molecule has 2 heterocycles. The summed E-state index contributed by atoms with van der Waals surface area (Å²) < 4.78 is 5.08. The van der Waals surface area contributed by atoms with Gasteiger partial charge in [-0.25, -0.2) is 0 Å². The van der Waals surface area contributed by atoms with E-state index in [4.69, 9.17) is 16.1 Å². The number of hydrogen-bond acceptors (Lipinski definition) is 5. The number of aromatic nitrogens is 3. The second kappa shape index (κ2) is 4.81. The number of rotatable bonds is 3. The van der Waals surface area contributed by atoms with Crippen molar-refractivity contribution in [3.8, 4) is 11.5 Å². The van der Waals surface area contributed by atoms with Crippen LogP contribution in [-0.2, 0) is 0 Å². The topological polar surface area (TPSA) is 72.0 Å². The average Bonchev–Trinajstić information content (AvgIpc) is 2.78. The molecule has 0 saturated heterocycles. The van der Waals surface area contributed by atoms with Crippen molar-refractivity contribution in [3.05, 3.63) is 29.2 Å². The first-order chi connectivity index (χ1) is 8.08. The second-order valence-electron chi connectivity index (χ2n) is 3.85. The predicted molar refractivity (Wildman–Crippen MR) is 62.6 cm³/mol. The lowest BCUT2D eigenvalue weighted by molar-refractivity contribution is 0.151. The molecule has 2 atom stereocenters. The van der Waals surface area contributed by atoms with Crippen molar-refractivity contribution in [1.29, 1.82) is 0 Å². The number of aliphatic hydroxyl groups is 1. The van der Waals surface area contributed by atoms with E-state index in [0.717, 1.165) is 0 Å². The fourth-order valence-electron chi connectivity index (χ4n) is 1.24. The molecule has 6 heteroatoms. The minimum absolute atomic E-state index is 0.205. The van der Waals surface area contributed by atoms with Crippen LogP contribution in [0.15, 0.2) is 22.9 Å². The summed E-state index contributed by atoms with van der Waals surface area (Å²) in [7, 11) is 0. The van der Waals surface area contributed by atoms with Crippen molar-refractivity contribution in [2.75, 3.05) is 0 Å². The SMILES string of the molecule is CC(O)C(C)c1nc(-c2ccc(Cl)cn2)no1. The van der Waals surface area contributed by atoms with Crippen LogP contribution in [0.5, 0.6) is 0 Å². The van der Waals surface area contributed by atoms with Gasteiger partial charge in [-0.15, -0.1) is 0 Å². The normalized spacial score (nSPS) is 14.6. The predicted octanol–water partition coefficient (Wildman–Crippen LogP) is 2.27. The van der Waals surface area contributed by atoms with Crippen molar-refractivity contribution in [1.82, 2.24) is 15.1 Å². The van der Waals surface area contributed by atoms with E-state index in [-0.39, 0.29) is 5.92 Å². The van der Waals surface area contributed by atoms with Crippen LogP contribution in [0.25, 0.3) is 11.5 Å². The van der Waals surface area contributed by atoms with Crippen molar-refractivity contribution in [3.63, 3.8) is 0 Å². The second-order valence-corrected chi connectivity index (χ2v) is 4.28. The van der Waals surface area contributed by atoms with Gasteiger partial charge in [0, 0.05) is 6.20 Å². The summed E-state index contributed by atoms with van der Waals surface area (Å²) >= 11 is 5.74. The fraction of sp³-hybridized carbons (Fsp3) is 0.364. The molecule has 2 aromatic rings. The molecule has 0 aliphatic rings. The zero-order chi connectivity index (χ0) is 12.4. The summed E-state index contributed by atoms with van der Waals surface area (Å²) in [6, 6.07) is 3.42. The Morgan fingerprint density at radius 2 is 2.12 bits per heavy atom. The Kier molecular flexibility index (Phi) is 3.40. The van der Waals surface area contributed by atoms with Gasteiger partial charge in [0.25, 0.3) is 0 Å². The lowest BCUT2D eigenvalue weighted by Gasteiger charge is -2.07. The highest BCUT2D eigenvalue weighted by atomic mass is 35.5. The van der Waals surface area contributed by atoms with Gasteiger partial charge in [0.15, 0.2) is 0 Å². The largest absolute Gasteiger partial charge is 0.393 e. The molecule has 17 heavy (non-hydrogen) atoms. The average molecular weight is 254 g/mol. The summed E-state index contributed by atoms with van der Waals surface area (Å²) in [5.74, 6) is 0.583. The van der Waals surface area contributed by atoms with Gasteiger partial charge >= 0.3 is 0 Å². The Hall–Kier alpha value is -1.46. The molecular weight excluding hydrogens is 242 g/mol. The molecule has 0 saturated carbocycles. The van der Waals surface area contributed by atoms with Crippen LogP contribution >= 0.6 is 11.6 Å². The first-order valence-electron chi connectivity index (χ1n) is 5.21. The third kappa shape index (κ3) is 2.62. The summed E-state index contributed by atoms with van der Waals surface area (Å²) in [5, 5.41) is 13.8. The zero-order valence-corrected chi connectivity index (χ0v) is 10.2. The molecule has 0 spiro atoms. The molecule has 0 fully saturated rings. The molecule has 2 aromatic heterocycles. The minimum Gasteiger partial charge on any atom is -0.393 e. The van der Waals surface area contributed by atoms with E-state index in [2.05, 4.69) is 15.1 Å². The first-order valence-corrected chi connectivity index (χ1v) is 5.59. The Morgan fingerprint density at radius 1 is 1.35 bits per heavy atom. The van der Waals surface area contributed by atoms with Crippen LogP contribution in [0.4, 0.5) is 0 Å². The monoisotopic (exact) mass is 253 g/mol. The Labute approximate surface area is 103 Å². The summed E-state index contributed by atoms with van der Waals surface area (Å²) in [5.41, 5.74) is 0.585. The molecule has 2 rings (SSSR count). The molecule has 0 radical (unpaired) electrons. The molecule has 0 aliphatic carbocycles. The maximum Gasteiger partial charge on any atom is 0.232 e. The van der Waals surface area contributed by atoms with Gasteiger partial charge in [0.05, 0.1) is 17.0 Å². The van der Waals surface area contributed by atoms with Crippen LogP contribution in [0.3, 0.4) is 0 Å².